The third-order valence-electron chi connectivity index (χ3n) is 3.07. The van der Waals surface area contributed by atoms with Crippen molar-refractivity contribution >= 4 is 18.0 Å². The van der Waals surface area contributed by atoms with Gasteiger partial charge in [0.15, 0.2) is 0 Å². The fourth-order valence-electron chi connectivity index (χ4n) is 1.97. The number of hydrogen-bond acceptors (Lipinski definition) is 3. The maximum absolute atomic E-state index is 12.9. The molecule has 0 saturated carbocycles. The molecule has 0 heterocycles. The van der Waals surface area contributed by atoms with Crippen molar-refractivity contribution in [3.05, 3.63) is 71.2 Å². The van der Waals surface area contributed by atoms with Crippen molar-refractivity contribution in [2.45, 2.75) is 13.5 Å². The summed E-state index contributed by atoms with van der Waals surface area (Å²) in [6.45, 7) is 1.43. The molecule has 0 unspecified atom stereocenters. The lowest BCUT2D eigenvalue weighted by Crippen LogP contribution is -2.24. The molecule has 2 aromatic carbocycles. The molecule has 0 fully saturated rings. The Hall–Kier alpha value is -3.15. The Kier molecular flexibility index (Phi) is 5.68. The summed E-state index contributed by atoms with van der Waals surface area (Å²) < 4.78 is 18.6. The second kappa shape index (κ2) is 7.92. The standard InChI is InChI=1S/C18H16FNO4/c1-12(21)20-16(18(22)23)10-14-4-2-3-5-17(14)24-11-13-6-8-15(19)9-7-13/h2-10H,11H2,1H3,(H,20,21)(H,22,23). The van der Waals surface area contributed by atoms with E-state index in [4.69, 9.17) is 9.84 Å². The van der Waals surface area contributed by atoms with Crippen LogP contribution in [0.25, 0.3) is 6.08 Å². The number of carboxylic acid groups (broad SMARTS) is 1. The highest BCUT2D eigenvalue weighted by molar-refractivity contribution is 5.96. The van der Waals surface area contributed by atoms with E-state index in [0.717, 1.165) is 5.56 Å². The highest BCUT2D eigenvalue weighted by Gasteiger charge is 2.11. The molecule has 2 N–H and O–H groups in total. The highest BCUT2D eigenvalue weighted by Crippen LogP contribution is 2.22. The van der Waals surface area contributed by atoms with Gasteiger partial charge in [-0.25, -0.2) is 9.18 Å². The fraction of sp³-hybridized carbons (Fsp3) is 0.111. The van der Waals surface area contributed by atoms with Crippen molar-refractivity contribution in [2.75, 3.05) is 0 Å². The molecule has 0 aliphatic rings. The zero-order chi connectivity index (χ0) is 17.5. The van der Waals surface area contributed by atoms with Crippen LogP contribution in [0, 0.1) is 5.82 Å². The Morgan fingerprint density at radius 2 is 1.83 bits per heavy atom. The second-order valence-corrected chi connectivity index (χ2v) is 5.00. The lowest BCUT2D eigenvalue weighted by molar-refractivity contribution is -0.134. The summed E-state index contributed by atoms with van der Waals surface area (Å²) in [5.74, 6) is -1.61. The number of ether oxygens (including phenoxy) is 1. The Morgan fingerprint density at radius 3 is 2.46 bits per heavy atom. The van der Waals surface area contributed by atoms with E-state index in [0.29, 0.717) is 11.3 Å². The number of amides is 1. The van der Waals surface area contributed by atoms with Crippen LogP contribution in [0.5, 0.6) is 5.75 Å². The first-order valence-corrected chi connectivity index (χ1v) is 7.14. The average molecular weight is 329 g/mol. The van der Waals surface area contributed by atoms with Crippen molar-refractivity contribution in [3.8, 4) is 5.75 Å². The third-order valence-corrected chi connectivity index (χ3v) is 3.07. The van der Waals surface area contributed by atoms with Crippen LogP contribution < -0.4 is 10.1 Å². The topological polar surface area (TPSA) is 75.6 Å². The maximum Gasteiger partial charge on any atom is 0.352 e. The summed E-state index contributed by atoms with van der Waals surface area (Å²) in [7, 11) is 0. The van der Waals surface area contributed by atoms with Crippen LogP contribution in [0.3, 0.4) is 0 Å². The van der Waals surface area contributed by atoms with Gasteiger partial charge in [-0.3, -0.25) is 4.79 Å². The lowest BCUT2D eigenvalue weighted by Gasteiger charge is -2.10. The van der Waals surface area contributed by atoms with Crippen molar-refractivity contribution in [1.29, 1.82) is 0 Å². The third kappa shape index (κ3) is 4.95. The Bertz CT molecular complexity index is 769. The Morgan fingerprint density at radius 1 is 1.17 bits per heavy atom. The van der Waals surface area contributed by atoms with E-state index in [1.807, 2.05) is 0 Å². The fourth-order valence-corrected chi connectivity index (χ4v) is 1.97. The van der Waals surface area contributed by atoms with Gasteiger partial charge in [-0.15, -0.1) is 0 Å². The molecule has 0 aromatic heterocycles. The number of carbonyl (C=O) groups excluding carboxylic acids is 1. The number of hydrogen-bond donors (Lipinski definition) is 2. The van der Waals surface area contributed by atoms with E-state index in [1.165, 1.54) is 25.1 Å². The molecule has 0 aliphatic carbocycles. The summed E-state index contributed by atoms with van der Waals surface area (Å²) in [5, 5.41) is 11.4. The van der Waals surface area contributed by atoms with Crippen LogP contribution in [-0.2, 0) is 16.2 Å². The molecular weight excluding hydrogens is 313 g/mol. The van der Waals surface area contributed by atoms with Crippen LogP contribution in [0.1, 0.15) is 18.1 Å². The largest absolute Gasteiger partial charge is 0.488 e. The monoisotopic (exact) mass is 329 g/mol. The van der Waals surface area contributed by atoms with Gasteiger partial charge in [0.1, 0.15) is 23.9 Å². The first-order chi connectivity index (χ1) is 11.5. The molecule has 24 heavy (non-hydrogen) atoms. The van der Waals surface area contributed by atoms with E-state index in [1.54, 1.807) is 36.4 Å². The summed E-state index contributed by atoms with van der Waals surface area (Å²) in [5.41, 5.74) is 1.03. The van der Waals surface area contributed by atoms with E-state index >= 15 is 0 Å². The molecule has 6 heteroatoms. The van der Waals surface area contributed by atoms with Crippen LogP contribution in [0.15, 0.2) is 54.2 Å². The van der Waals surface area contributed by atoms with Crippen LogP contribution in [-0.4, -0.2) is 17.0 Å². The molecule has 0 spiro atoms. The summed E-state index contributed by atoms with van der Waals surface area (Å²) in [4.78, 5) is 22.3. The summed E-state index contributed by atoms with van der Waals surface area (Å²) in [6, 6.07) is 12.7. The number of nitrogens with one attached hydrogen (secondary N) is 1. The number of benzene rings is 2. The minimum atomic E-state index is -1.25. The second-order valence-electron chi connectivity index (χ2n) is 5.00. The average Bonchev–Trinajstić information content (AvgIpc) is 2.54. The van der Waals surface area contributed by atoms with Crippen molar-refractivity contribution in [1.82, 2.24) is 5.32 Å². The van der Waals surface area contributed by atoms with Gasteiger partial charge in [-0.05, 0) is 29.8 Å². The zero-order valence-corrected chi connectivity index (χ0v) is 13.0. The quantitative estimate of drug-likeness (QED) is 0.799. The van der Waals surface area contributed by atoms with Crippen molar-refractivity contribution in [3.63, 3.8) is 0 Å². The summed E-state index contributed by atoms with van der Waals surface area (Å²) in [6.07, 6.45) is 1.32. The molecule has 0 bridgehead atoms. The molecule has 2 aromatic rings. The molecule has 2 rings (SSSR count). The molecule has 124 valence electrons. The van der Waals surface area contributed by atoms with Gasteiger partial charge < -0.3 is 15.2 Å². The number of rotatable bonds is 6. The molecule has 0 atom stereocenters. The van der Waals surface area contributed by atoms with Crippen molar-refractivity contribution in [2.24, 2.45) is 0 Å². The number of carboxylic acids is 1. The number of para-hydroxylation sites is 1. The van der Waals surface area contributed by atoms with Crippen LogP contribution in [0.4, 0.5) is 4.39 Å². The van der Waals surface area contributed by atoms with Gasteiger partial charge in [-0.2, -0.15) is 0 Å². The summed E-state index contributed by atoms with van der Waals surface area (Å²) >= 11 is 0. The molecule has 1 amide bonds. The van der Waals surface area contributed by atoms with E-state index in [-0.39, 0.29) is 18.1 Å². The maximum atomic E-state index is 12.9. The first kappa shape index (κ1) is 17.2. The van der Waals surface area contributed by atoms with Gasteiger partial charge in [-0.1, -0.05) is 30.3 Å². The first-order valence-electron chi connectivity index (χ1n) is 7.14. The SMILES string of the molecule is CC(=O)NC(=Cc1ccccc1OCc1ccc(F)cc1)C(=O)O. The Labute approximate surface area is 138 Å². The van der Waals surface area contributed by atoms with E-state index in [9.17, 15) is 14.0 Å². The van der Waals surface area contributed by atoms with Crippen LogP contribution >= 0.6 is 0 Å². The minimum Gasteiger partial charge on any atom is -0.488 e. The van der Waals surface area contributed by atoms with Crippen molar-refractivity contribution < 1.29 is 23.8 Å². The molecule has 0 saturated heterocycles. The Balaban J connectivity index is 2.21. The number of halogens is 1. The minimum absolute atomic E-state index is 0.202. The number of aliphatic carboxylic acids is 1. The normalized spacial score (nSPS) is 11.0. The van der Waals surface area contributed by atoms with E-state index in [2.05, 4.69) is 5.32 Å². The lowest BCUT2D eigenvalue weighted by atomic mass is 10.1. The molecule has 0 radical (unpaired) electrons. The predicted octanol–water partition coefficient (Wildman–Crippen LogP) is 2.97. The van der Waals surface area contributed by atoms with Gasteiger partial charge >= 0.3 is 5.97 Å². The molecule has 0 aliphatic heterocycles. The van der Waals surface area contributed by atoms with E-state index < -0.39 is 11.9 Å². The van der Waals surface area contributed by atoms with Gasteiger partial charge in [0.2, 0.25) is 5.91 Å². The molecular formula is C18H16FNO4. The zero-order valence-electron chi connectivity index (χ0n) is 13.0. The van der Waals surface area contributed by atoms with Gasteiger partial charge in [0.05, 0.1) is 0 Å². The van der Waals surface area contributed by atoms with Gasteiger partial charge in [0.25, 0.3) is 0 Å². The van der Waals surface area contributed by atoms with Gasteiger partial charge in [0, 0.05) is 12.5 Å². The predicted molar refractivity (Wildman–Crippen MR) is 86.6 cm³/mol. The highest BCUT2D eigenvalue weighted by atomic mass is 19.1. The van der Waals surface area contributed by atoms with Crippen LogP contribution in [0.2, 0.25) is 0 Å². The molecule has 5 nitrogen and oxygen atoms in total. The number of carbonyl (C=O) groups is 2. The smallest absolute Gasteiger partial charge is 0.352 e.